The van der Waals surface area contributed by atoms with Gasteiger partial charge in [0.1, 0.15) is 0 Å². The topological polar surface area (TPSA) is 69.4 Å². The number of rotatable bonds is 4. The molecular weight excluding hydrogens is 314 g/mol. The van der Waals surface area contributed by atoms with E-state index >= 15 is 0 Å². The fourth-order valence-corrected chi connectivity index (χ4v) is 1.94. The van der Waals surface area contributed by atoms with E-state index in [0.29, 0.717) is 4.47 Å². The van der Waals surface area contributed by atoms with Gasteiger partial charge in [-0.05, 0) is 12.0 Å². The van der Waals surface area contributed by atoms with Crippen molar-refractivity contribution in [3.8, 4) is 0 Å². The summed E-state index contributed by atoms with van der Waals surface area (Å²) in [7, 11) is 1.24. The van der Waals surface area contributed by atoms with Crippen LogP contribution in [0.1, 0.15) is 29.8 Å². The lowest BCUT2D eigenvalue weighted by molar-refractivity contribution is -0.385. The highest BCUT2D eigenvalue weighted by molar-refractivity contribution is 9.10. The Balaban J connectivity index is 3.51. The van der Waals surface area contributed by atoms with Gasteiger partial charge in [-0.1, -0.05) is 41.9 Å². The molecule has 0 aliphatic heterocycles. The average molecular weight is 328 g/mol. The number of nitro groups is 1. The maximum absolute atomic E-state index is 11.7. The number of halogens is 1. The van der Waals surface area contributed by atoms with Gasteiger partial charge in [0.25, 0.3) is 5.69 Å². The van der Waals surface area contributed by atoms with Crippen LogP contribution in [0, 0.1) is 16.0 Å². The van der Waals surface area contributed by atoms with Gasteiger partial charge in [-0.3, -0.25) is 10.1 Å². The van der Waals surface area contributed by atoms with E-state index in [-0.39, 0.29) is 22.7 Å². The number of hydrogen-bond donors (Lipinski definition) is 0. The highest BCUT2D eigenvalue weighted by Gasteiger charge is 2.21. The van der Waals surface area contributed by atoms with Gasteiger partial charge >= 0.3 is 5.97 Å². The molecule has 0 atom stereocenters. The van der Waals surface area contributed by atoms with Crippen LogP contribution in [0.5, 0.6) is 0 Å². The normalized spacial score (nSPS) is 11.0. The lowest BCUT2D eigenvalue weighted by atomic mass is 10.0. The minimum atomic E-state index is -0.604. The summed E-state index contributed by atoms with van der Waals surface area (Å²) in [4.78, 5) is 22.3. The van der Waals surface area contributed by atoms with Crippen molar-refractivity contribution in [3.05, 3.63) is 43.9 Å². The molecule has 0 aromatic heterocycles. The van der Waals surface area contributed by atoms with Crippen LogP contribution in [-0.2, 0) is 4.74 Å². The Labute approximate surface area is 119 Å². The highest BCUT2D eigenvalue weighted by Crippen LogP contribution is 2.29. The number of nitrogens with zero attached hydrogens (tertiary/aromatic N) is 1. The minimum Gasteiger partial charge on any atom is -0.465 e. The first-order valence-corrected chi connectivity index (χ1v) is 6.40. The van der Waals surface area contributed by atoms with Gasteiger partial charge in [-0.2, -0.15) is 0 Å². The van der Waals surface area contributed by atoms with Gasteiger partial charge in [-0.25, -0.2) is 4.79 Å². The Hall–Kier alpha value is -1.69. The van der Waals surface area contributed by atoms with Crippen molar-refractivity contribution in [1.82, 2.24) is 0 Å². The van der Waals surface area contributed by atoms with Crippen LogP contribution in [0.15, 0.2) is 22.7 Å². The average Bonchev–Trinajstić information content (AvgIpc) is 2.34. The number of carbonyl (C=O) groups excluding carboxylic acids is 1. The van der Waals surface area contributed by atoms with Gasteiger partial charge in [0, 0.05) is 10.5 Å². The first kappa shape index (κ1) is 15.4. The number of allylic oxidation sites excluding steroid dienone is 1. The first-order chi connectivity index (χ1) is 8.86. The summed E-state index contributed by atoms with van der Waals surface area (Å²) in [6, 6.07) is 2.88. The third-order valence-corrected chi connectivity index (χ3v) is 2.83. The monoisotopic (exact) mass is 327 g/mol. The molecule has 0 radical (unpaired) electrons. The lowest BCUT2D eigenvalue weighted by Crippen LogP contribution is -2.06. The fraction of sp³-hybridized carbons (Fsp3) is 0.308. The predicted molar refractivity (Wildman–Crippen MR) is 76.0 cm³/mol. The predicted octanol–water partition coefficient (Wildman–Crippen LogP) is 3.81. The molecule has 0 N–H and O–H groups in total. The second-order valence-corrected chi connectivity index (χ2v) is 5.15. The number of benzene rings is 1. The largest absolute Gasteiger partial charge is 0.465 e. The number of methoxy groups -OCH3 is 1. The molecule has 1 rings (SSSR count). The lowest BCUT2D eigenvalue weighted by Gasteiger charge is -2.07. The van der Waals surface area contributed by atoms with Crippen LogP contribution in [-0.4, -0.2) is 18.0 Å². The van der Waals surface area contributed by atoms with Gasteiger partial charge in [0.15, 0.2) is 0 Å². The van der Waals surface area contributed by atoms with Crippen molar-refractivity contribution in [3.63, 3.8) is 0 Å². The fourth-order valence-electron chi connectivity index (χ4n) is 1.50. The number of ether oxygens (including phenoxy) is 1. The summed E-state index contributed by atoms with van der Waals surface area (Å²) in [5.74, 6) is -0.387. The SMILES string of the molecule is COC(=O)c1cc(Br)cc([N+](=O)[O-])c1/C=C/C(C)C. The van der Waals surface area contributed by atoms with E-state index in [1.807, 2.05) is 13.8 Å². The van der Waals surface area contributed by atoms with E-state index in [1.54, 1.807) is 12.2 Å². The molecule has 0 aliphatic carbocycles. The van der Waals surface area contributed by atoms with Crippen LogP contribution in [0.4, 0.5) is 5.69 Å². The van der Waals surface area contributed by atoms with E-state index in [9.17, 15) is 14.9 Å². The third-order valence-electron chi connectivity index (χ3n) is 2.37. The minimum absolute atomic E-state index is 0.133. The molecule has 19 heavy (non-hydrogen) atoms. The Kier molecular flexibility index (Phi) is 5.23. The van der Waals surface area contributed by atoms with Crippen LogP contribution < -0.4 is 0 Å². The van der Waals surface area contributed by atoms with E-state index in [2.05, 4.69) is 20.7 Å². The van der Waals surface area contributed by atoms with Gasteiger partial charge in [-0.15, -0.1) is 0 Å². The van der Waals surface area contributed by atoms with Crippen molar-refractivity contribution in [2.24, 2.45) is 5.92 Å². The van der Waals surface area contributed by atoms with Gasteiger partial charge in [0.2, 0.25) is 0 Å². The molecular formula is C13H14BrNO4. The summed E-state index contributed by atoms with van der Waals surface area (Å²) in [6.45, 7) is 3.89. The van der Waals surface area contributed by atoms with Crippen LogP contribution in [0.3, 0.4) is 0 Å². The summed E-state index contributed by atoms with van der Waals surface area (Å²) < 4.78 is 5.12. The molecule has 0 spiro atoms. The van der Waals surface area contributed by atoms with E-state index in [0.717, 1.165) is 0 Å². The van der Waals surface area contributed by atoms with Crippen molar-refractivity contribution in [1.29, 1.82) is 0 Å². The number of esters is 1. The molecule has 1 aromatic rings. The molecule has 0 saturated carbocycles. The summed E-state index contributed by atoms with van der Waals surface area (Å²) in [5.41, 5.74) is 0.293. The van der Waals surface area contributed by atoms with Crippen molar-refractivity contribution in [2.75, 3.05) is 7.11 Å². The molecule has 0 unspecified atom stereocenters. The van der Waals surface area contributed by atoms with E-state index in [4.69, 9.17) is 0 Å². The molecule has 0 amide bonds. The highest BCUT2D eigenvalue weighted by atomic mass is 79.9. The molecule has 1 aromatic carbocycles. The Morgan fingerprint density at radius 1 is 1.47 bits per heavy atom. The smallest absolute Gasteiger partial charge is 0.338 e. The summed E-state index contributed by atoms with van der Waals surface area (Å²) >= 11 is 3.16. The Morgan fingerprint density at radius 3 is 2.58 bits per heavy atom. The quantitative estimate of drug-likeness (QED) is 0.479. The van der Waals surface area contributed by atoms with Crippen molar-refractivity contribution < 1.29 is 14.5 Å². The zero-order chi connectivity index (χ0) is 14.6. The Bertz CT molecular complexity index is 538. The zero-order valence-electron chi connectivity index (χ0n) is 10.8. The maximum atomic E-state index is 11.7. The summed E-state index contributed by atoms with van der Waals surface area (Å²) in [6.07, 6.45) is 3.38. The first-order valence-electron chi connectivity index (χ1n) is 5.61. The van der Waals surface area contributed by atoms with Crippen LogP contribution >= 0.6 is 15.9 Å². The van der Waals surface area contributed by atoms with Crippen molar-refractivity contribution in [2.45, 2.75) is 13.8 Å². The van der Waals surface area contributed by atoms with Gasteiger partial charge in [0.05, 0.1) is 23.2 Å². The zero-order valence-corrected chi connectivity index (χ0v) is 12.4. The number of hydrogen-bond acceptors (Lipinski definition) is 4. The molecule has 0 saturated heterocycles. The molecule has 0 heterocycles. The molecule has 102 valence electrons. The standard InChI is InChI=1S/C13H14BrNO4/c1-8(2)4-5-10-11(13(16)19-3)6-9(14)7-12(10)15(17)18/h4-8H,1-3H3/b5-4+. The Morgan fingerprint density at radius 2 is 2.11 bits per heavy atom. The molecule has 5 nitrogen and oxygen atoms in total. The van der Waals surface area contributed by atoms with Crippen LogP contribution in [0.2, 0.25) is 0 Å². The molecule has 6 heteroatoms. The second-order valence-electron chi connectivity index (χ2n) is 4.24. The molecule has 0 aliphatic rings. The molecule has 0 fully saturated rings. The van der Waals surface area contributed by atoms with E-state index < -0.39 is 10.9 Å². The van der Waals surface area contributed by atoms with Gasteiger partial charge < -0.3 is 4.74 Å². The van der Waals surface area contributed by atoms with Crippen LogP contribution in [0.25, 0.3) is 6.08 Å². The molecule has 0 bridgehead atoms. The third kappa shape index (κ3) is 3.89. The van der Waals surface area contributed by atoms with Crippen molar-refractivity contribution >= 4 is 33.7 Å². The maximum Gasteiger partial charge on any atom is 0.338 e. The van der Waals surface area contributed by atoms with E-state index in [1.165, 1.54) is 19.2 Å². The number of carbonyl (C=O) groups is 1. The summed E-state index contributed by atoms with van der Waals surface area (Å²) in [5, 5.41) is 11.1. The number of nitro benzene ring substituents is 1. The second kappa shape index (κ2) is 6.47.